The molecule has 4 heteroatoms. The summed E-state index contributed by atoms with van der Waals surface area (Å²) in [5, 5.41) is 7.75. The van der Waals surface area contributed by atoms with Gasteiger partial charge in [-0.1, -0.05) is 0 Å². The SMILES string of the molecule is COC1CC(c2nnc(C)o2)C1. The lowest BCUT2D eigenvalue weighted by atomic mass is 9.82. The third-order valence-electron chi connectivity index (χ3n) is 2.32. The molecule has 1 heterocycles. The van der Waals surface area contributed by atoms with E-state index in [-0.39, 0.29) is 0 Å². The maximum absolute atomic E-state index is 5.30. The van der Waals surface area contributed by atoms with Crippen molar-refractivity contribution in [2.75, 3.05) is 7.11 Å². The molecule has 2 rings (SSSR count). The summed E-state index contributed by atoms with van der Waals surface area (Å²) in [6.45, 7) is 1.81. The third-order valence-corrected chi connectivity index (χ3v) is 2.32. The third kappa shape index (κ3) is 1.22. The molecule has 0 atom stereocenters. The number of aryl methyl sites for hydroxylation is 1. The quantitative estimate of drug-likeness (QED) is 0.667. The van der Waals surface area contributed by atoms with E-state index in [0.717, 1.165) is 18.7 Å². The van der Waals surface area contributed by atoms with E-state index in [9.17, 15) is 0 Å². The maximum Gasteiger partial charge on any atom is 0.219 e. The molecule has 0 aromatic carbocycles. The van der Waals surface area contributed by atoms with Crippen LogP contribution < -0.4 is 0 Å². The Morgan fingerprint density at radius 1 is 1.42 bits per heavy atom. The van der Waals surface area contributed by atoms with Crippen LogP contribution in [0.15, 0.2) is 4.42 Å². The van der Waals surface area contributed by atoms with Crippen molar-refractivity contribution in [3.05, 3.63) is 11.8 Å². The summed E-state index contributed by atoms with van der Waals surface area (Å²) >= 11 is 0. The van der Waals surface area contributed by atoms with E-state index in [2.05, 4.69) is 10.2 Å². The topological polar surface area (TPSA) is 48.2 Å². The van der Waals surface area contributed by atoms with E-state index in [1.54, 1.807) is 7.11 Å². The first-order chi connectivity index (χ1) is 5.79. The molecule has 0 saturated heterocycles. The zero-order chi connectivity index (χ0) is 8.55. The van der Waals surface area contributed by atoms with Gasteiger partial charge in [0.1, 0.15) is 0 Å². The van der Waals surface area contributed by atoms with Crippen molar-refractivity contribution in [1.82, 2.24) is 10.2 Å². The summed E-state index contributed by atoms with van der Waals surface area (Å²) in [6, 6.07) is 0. The summed E-state index contributed by atoms with van der Waals surface area (Å²) in [4.78, 5) is 0. The van der Waals surface area contributed by atoms with Crippen LogP contribution in [0.3, 0.4) is 0 Å². The van der Waals surface area contributed by atoms with Crippen LogP contribution in [0.1, 0.15) is 30.5 Å². The van der Waals surface area contributed by atoms with Crippen molar-refractivity contribution < 1.29 is 9.15 Å². The molecule has 0 radical (unpaired) electrons. The molecule has 0 amide bonds. The molecule has 0 bridgehead atoms. The van der Waals surface area contributed by atoms with Gasteiger partial charge >= 0.3 is 0 Å². The van der Waals surface area contributed by atoms with Crippen LogP contribution in [-0.4, -0.2) is 23.4 Å². The highest BCUT2D eigenvalue weighted by Crippen LogP contribution is 2.37. The zero-order valence-corrected chi connectivity index (χ0v) is 7.28. The zero-order valence-electron chi connectivity index (χ0n) is 7.28. The van der Waals surface area contributed by atoms with Gasteiger partial charge in [0, 0.05) is 20.0 Å². The van der Waals surface area contributed by atoms with Gasteiger partial charge < -0.3 is 9.15 Å². The lowest BCUT2D eigenvalue weighted by molar-refractivity contribution is 0.0189. The molecule has 66 valence electrons. The van der Waals surface area contributed by atoms with Crippen molar-refractivity contribution in [2.45, 2.75) is 31.8 Å². The van der Waals surface area contributed by atoms with Crippen molar-refractivity contribution in [1.29, 1.82) is 0 Å². The molecule has 0 unspecified atom stereocenters. The van der Waals surface area contributed by atoms with Crippen LogP contribution in [0.2, 0.25) is 0 Å². The maximum atomic E-state index is 5.30. The van der Waals surface area contributed by atoms with Crippen molar-refractivity contribution in [3.63, 3.8) is 0 Å². The van der Waals surface area contributed by atoms with Gasteiger partial charge in [-0.15, -0.1) is 10.2 Å². The van der Waals surface area contributed by atoms with Gasteiger partial charge in [-0.25, -0.2) is 0 Å². The van der Waals surface area contributed by atoms with Crippen LogP contribution in [0.5, 0.6) is 0 Å². The molecule has 12 heavy (non-hydrogen) atoms. The van der Waals surface area contributed by atoms with Gasteiger partial charge in [0.2, 0.25) is 11.8 Å². The number of rotatable bonds is 2. The predicted molar refractivity (Wildman–Crippen MR) is 41.8 cm³/mol. The first kappa shape index (κ1) is 7.73. The van der Waals surface area contributed by atoms with Crippen LogP contribution in [0, 0.1) is 6.92 Å². The van der Waals surface area contributed by atoms with Gasteiger partial charge in [0.15, 0.2) is 0 Å². The second-order valence-corrected chi connectivity index (χ2v) is 3.19. The van der Waals surface area contributed by atoms with Gasteiger partial charge in [-0.05, 0) is 12.8 Å². The van der Waals surface area contributed by atoms with Crippen LogP contribution in [0.25, 0.3) is 0 Å². The van der Waals surface area contributed by atoms with Crippen LogP contribution >= 0.6 is 0 Å². The number of methoxy groups -OCH3 is 1. The molecule has 4 nitrogen and oxygen atoms in total. The molecule has 1 fully saturated rings. The Hall–Kier alpha value is -0.900. The normalized spacial score (nSPS) is 28.5. The Kier molecular flexibility index (Phi) is 1.84. The van der Waals surface area contributed by atoms with Crippen molar-refractivity contribution >= 4 is 0 Å². The Labute approximate surface area is 70.9 Å². The van der Waals surface area contributed by atoms with E-state index < -0.39 is 0 Å². The molecular formula is C8H12N2O2. The number of aromatic nitrogens is 2. The molecule has 1 aliphatic rings. The average Bonchev–Trinajstić information content (AvgIpc) is 2.34. The smallest absolute Gasteiger partial charge is 0.219 e. The monoisotopic (exact) mass is 168 g/mol. The van der Waals surface area contributed by atoms with Crippen LogP contribution in [-0.2, 0) is 4.74 Å². The fourth-order valence-electron chi connectivity index (χ4n) is 1.44. The molecule has 1 aliphatic carbocycles. The molecule has 1 saturated carbocycles. The summed E-state index contributed by atoms with van der Waals surface area (Å²) < 4.78 is 10.5. The predicted octanol–water partition coefficient (Wildman–Crippen LogP) is 1.27. The average molecular weight is 168 g/mol. The van der Waals surface area contributed by atoms with Gasteiger partial charge in [0.25, 0.3) is 0 Å². The highest BCUT2D eigenvalue weighted by Gasteiger charge is 2.33. The Bertz CT molecular complexity index is 266. The molecule has 0 spiro atoms. The van der Waals surface area contributed by atoms with Crippen LogP contribution in [0.4, 0.5) is 0 Å². The second-order valence-electron chi connectivity index (χ2n) is 3.19. The van der Waals surface area contributed by atoms with Crippen molar-refractivity contribution in [2.24, 2.45) is 0 Å². The molecule has 1 aromatic rings. The second kappa shape index (κ2) is 2.86. The minimum Gasteiger partial charge on any atom is -0.425 e. The van der Waals surface area contributed by atoms with E-state index in [1.165, 1.54) is 0 Å². The molecule has 0 N–H and O–H groups in total. The molecular weight excluding hydrogens is 156 g/mol. The lowest BCUT2D eigenvalue weighted by Gasteiger charge is -2.31. The fraction of sp³-hybridized carbons (Fsp3) is 0.750. The van der Waals surface area contributed by atoms with Gasteiger partial charge in [-0.2, -0.15) is 0 Å². The van der Waals surface area contributed by atoms with E-state index in [4.69, 9.17) is 9.15 Å². The van der Waals surface area contributed by atoms with Gasteiger partial charge in [-0.3, -0.25) is 0 Å². The lowest BCUT2D eigenvalue weighted by Crippen LogP contribution is -2.28. The van der Waals surface area contributed by atoms with E-state index in [0.29, 0.717) is 17.9 Å². The largest absolute Gasteiger partial charge is 0.425 e. The number of nitrogens with zero attached hydrogens (tertiary/aromatic N) is 2. The van der Waals surface area contributed by atoms with Gasteiger partial charge in [0.05, 0.1) is 6.10 Å². The van der Waals surface area contributed by atoms with Crippen molar-refractivity contribution in [3.8, 4) is 0 Å². The van der Waals surface area contributed by atoms with E-state index in [1.807, 2.05) is 6.92 Å². The first-order valence-corrected chi connectivity index (χ1v) is 4.12. The molecule has 1 aromatic heterocycles. The Morgan fingerprint density at radius 2 is 2.17 bits per heavy atom. The summed E-state index contributed by atoms with van der Waals surface area (Å²) in [7, 11) is 1.74. The summed E-state index contributed by atoms with van der Waals surface area (Å²) in [5.41, 5.74) is 0. The highest BCUT2D eigenvalue weighted by atomic mass is 16.5. The minimum absolute atomic E-state index is 0.391. The number of ether oxygens (including phenoxy) is 1. The standard InChI is InChI=1S/C8H12N2O2/c1-5-9-10-8(12-5)6-3-7(4-6)11-2/h6-7H,3-4H2,1-2H3. The fourth-order valence-corrected chi connectivity index (χ4v) is 1.44. The number of hydrogen-bond donors (Lipinski definition) is 0. The minimum atomic E-state index is 0.391. The first-order valence-electron chi connectivity index (χ1n) is 4.12. The Morgan fingerprint density at radius 3 is 2.67 bits per heavy atom. The highest BCUT2D eigenvalue weighted by molar-refractivity contribution is 4.99. The number of hydrogen-bond acceptors (Lipinski definition) is 4. The molecule has 0 aliphatic heterocycles. The summed E-state index contributed by atoms with van der Waals surface area (Å²) in [6.07, 6.45) is 2.42. The Balaban J connectivity index is 1.96. The summed E-state index contributed by atoms with van der Waals surface area (Å²) in [5.74, 6) is 1.84. The van der Waals surface area contributed by atoms with E-state index >= 15 is 0 Å².